The number of anilines is 1. The Morgan fingerprint density at radius 2 is 2.00 bits per heavy atom. The van der Waals surface area contributed by atoms with Crippen molar-refractivity contribution in [2.75, 3.05) is 5.73 Å². The number of nitrogen functional groups attached to an aromatic ring is 1. The first-order valence-electron chi connectivity index (χ1n) is 5.65. The number of nitrogens with one attached hydrogen (secondary N) is 1. The van der Waals surface area contributed by atoms with Gasteiger partial charge in [0.05, 0.1) is 10.4 Å². The van der Waals surface area contributed by atoms with Crippen LogP contribution in [-0.4, -0.2) is 14.4 Å². The lowest BCUT2D eigenvalue weighted by Crippen LogP contribution is -2.02. The van der Waals surface area contributed by atoms with Crippen molar-refractivity contribution in [2.24, 2.45) is 5.14 Å². The second-order valence-corrected chi connectivity index (χ2v) is 5.27. The average molecular weight is 272 g/mol. The minimum atomic E-state index is -1.50. The smallest absolute Gasteiger partial charge is 0.122 e. The predicted octanol–water partition coefficient (Wildman–Crippen LogP) is 1.79. The highest BCUT2D eigenvalue weighted by Gasteiger charge is 2.09. The van der Waals surface area contributed by atoms with Gasteiger partial charge in [0.2, 0.25) is 0 Å². The molecule has 0 spiro atoms. The van der Waals surface area contributed by atoms with Crippen molar-refractivity contribution >= 4 is 27.6 Å². The number of hydrogen-bond acceptors (Lipinski definition) is 3. The fourth-order valence-corrected chi connectivity index (χ4v) is 2.48. The molecule has 19 heavy (non-hydrogen) atoms. The summed E-state index contributed by atoms with van der Waals surface area (Å²) >= 11 is 0. The number of benzene rings is 2. The van der Waals surface area contributed by atoms with Crippen LogP contribution in [0.2, 0.25) is 0 Å². The maximum atomic E-state index is 11.3. The zero-order chi connectivity index (χ0) is 13.4. The van der Waals surface area contributed by atoms with Crippen molar-refractivity contribution in [1.29, 1.82) is 0 Å². The summed E-state index contributed by atoms with van der Waals surface area (Å²) in [6.45, 7) is 0. The molecular formula is C13H12N4OS. The lowest BCUT2D eigenvalue weighted by atomic mass is 10.1. The van der Waals surface area contributed by atoms with Gasteiger partial charge < -0.3 is 5.73 Å². The zero-order valence-electron chi connectivity index (χ0n) is 9.96. The predicted molar refractivity (Wildman–Crippen MR) is 76.5 cm³/mol. The third-order valence-corrected chi connectivity index (χ3v) is 3.65. The molecule has 0 bridgehead atoms. The van der Waals surface area contributed by atoms with Crippen LogP contribution >= 0.6 is 0 Å². The van der Waals surface area contributed by atoms with Crippen molar-refractivity contribution < 1.29 is 4.21 Å². The molecule has 1 heterocycles. The SMILES string of the molecule is Nc1ccc2[nH]nc(-c3cccc(S(N)=O)c3)c2c1. The molecule has 3 aromatic rings. The second-order valence-electron chi connectivity index (χ2n) is 4.20. The van der Waals surface area contributed by atoms with Gasteiger partial charge in [-0.3, -0.25) is 5.10 Å². The Morgan fingerprint density at radius 3 is 2.79 bits per heavy atom. The van der Waals surface area contributed by atoms with Gasteiger partial charge in [0.15, 0.2) is 0 Å². The number of nitrogens with zero attached hydrogens (tertiary/aromatic N) is 1. The highest BCUT2D eigenvalue weighted by molar-refractivity contribution is 7.82. The quantitative estimate of drug-likeness (QED) is 0.620. The molecule has 0 aliphatic rings. The fraction of sp³-hybridized carbons (Fsp3) is 0. The van der Waals surface area contributed by atoms with Gasteiger partial charge in [-0.05, 0) is 30.3 Å². The summed E-state index contributed by atoms with van der Waals surface area (Å²) in [5.74, 6) is 0. The van der Waals surface area contributed by atoms with E-state index in [1.165, 1.54) is 0 Å². The molecule has 1 unspecified atom stereocenters. The Kier molecular flexibility index (Phi) is 2.81. The summed E-state index contributed by atoms with van der Waals surface area (Å²) in [5.41, 5.74) is 9.01. The first-order valence-corrected chi connectivity index (χ1v) is 6.86. The van der Waals surface area contributed by atoms with E-state index in [4.69, 9.17) is 10.9 Å². The number of aromatic nitrogens is 2. The number of fused-ring (bicyclic) bond motifs is 1. The van der Waals surface area contributed by atoms with Gasteiger partial charge in [-0.1, -0.05) is 12.1 Å². The fourth-order valence-electron chi connectivity index (χ4n) is 2.02. The molecule has 96 valence electrons. The third-order valence-electron chi connectivity index (χ3n) is 2.93. The monoisotopic (exact) mass is 272 g/mol. The lowest BCUT2D eigenvalue weighted by molar-refractivity contribution is 0.684. The molecule has 0 saturated heterocycles. The van der Waals surface area contributed by atoms with Crippen LogP contribution < -0.4 is 10.9 Å². The molecule has 1 atom stereocenters. The van der Waals surface area contributed by atoms with Gasteiger partial charge in [-0.2, -0.15) is 5.10 Å². The van der Waals surface area contributed by atoms with E-state index in [1.54, 1.807) is 12.1 Å². The molecule has 0 amide bonds. The molecule has 0 aliphatic heterocycles. The Morgan fingerprint density at radius 1 is 1.16 bits per heavy atom. The van der Waals surface area contributed by atoms with Gasteiger partial charge in [-0.15, -0.1) is 0 Å². The molecule has 0 saturated carbocycles. The van der Waals surface area contributed by atoms with E-state index in [2.05, 4.69) is 10.2 Å². The van der Waals surface area contributed by atoms with Gasteiger partial charge in [-0.25, -0.2) is 9.35 Å². The summed E-state index contributed by atoms with van der Waals surface area (Å²) in [5, 5.41) is 13.6. The molecule has 0 aliphatic carbocycles. The van der Waals surface area contributed by atoms with Crippen LogP contribution in [-0.2, 0) is 11.0 Å². The standard InChI is InChI=1S/C13H12N4OS/c14-9-4-5-12-11(7-9)13(17-16-12)8-2-1-3-10(6-8)19(15)18/h1-7H,14-15H2,(H,16,17). The number of rotatable bonds is 2. The van der Waals surface area contributed by atoms with Crippen molar-refractivity contribution in [3.8, 4) is 11.3 Å². The molecule has 0 radical (unpaired) electrons. The van der Waals surface area contributed by atoms with Crippen LogP contribution in [0.4, 0.5) is 5.69 Å². The van der Waals surface area contributed by atoms with E-state index in [0.29, 0.717) is 10.6 Å². The van der Waals surface area contributed by atoms with Crippen molar-refractivity contribution in [3.05, 3.63) is 42.5 Å². The molecule has 5 nitrogen and oxygen atoms in total. The number of aromatic amines is 1. The van der Waals surface area contributed by atoms with Crippen molar-refractivity contribution in [2.45, 2.75) is 4.90 Å². The van der Waals surface area contributed by atoms with Crippen LogP contribution in [0.5, 0.6) is 0 Å². The van der Waals surface area contributed by atoms with E-state index >= 15 is 0 Å². The molecule has 5 N–H and O–H groups in total. The maximum Gasteiger partial charge on any atom is 0.122 e. The molecule has 3 rings (SSSR count). The van der Waals surface area contributed by atoms with Gasteiger partial charge >= 0.3 is 0 Å². The van der Waals surface area contributed by atoms with E-state index in [9.17, 15) is 4.21 Å². The van der Waals surface area contributed by atoms with E-state index in [0.717, 1.165) is 22.2 Å². The van der Waals surface area contributed by atoms with Gasteiger partial charge in [0.25, 0.3) is 0 Å². The molecular weight excluding hydrogens is 260 g/mol. The van der Waals surface area contributed by atoms with Crippen LogP contribution in [0.1, 0.15) is 0 Å². The van der Waals surface area contributed by atoms with Gasteiger partial charge in [0.1, 0.15) is 16.7 Å². The molecule has 2 aromatic carbocycles. The summed E-state index contributed by atoms with van der Waals surface area (Å²) in [7, 11) is -1.50. The van der Waals surface area contributed by atoms with Gasteiger partial charge in [0, 0.05) is 16.6 Å². The summed E-state index contributed by atoms with van der Waals surface area (Å²) < 4.78 is 11.3. The zero-order valence-corrected chi connectivity index (χ0v) is 10.8. The highest BCUT2D eigenvalue weighted by atomic mass is 32.2. The number of hydrogen-bond donors (Lipinski definition) is 3. The van der Waals surface area contributed by atoms with Crippen LogP contribution in [0.25, 0.3) is 22.2 Å². The largest absolute Gasteiger partial charge is 0.399 e. The van der Waals surface area contributed by atoms with E-state index in [1.807, 2.05) is 30.3 Å². The van der Waals surface area contributed by atoms with Crippen molar-refractivity contribution in [1.82, 2.24) is 10.2 Å². The van der Waals surface area contributed by atoms with Crippen molar-refractivity contribution in [3.63, 3.8) is 0 Å². The summed E-state index contributed by atoms with van der Waals surface area (Å²) in [6, 6.07) is 12.8. The second kappa shape index (κ2) is 4.49. The Labute approximate surface area is 112 Å². The van der Waals surface area contributed by atoms with Crippen LogP contribution in [0.3, 0.4) is 0 Å². The number of H-pyrrole nitrogens is 1. The van der Waals surface area contributed by atoms with E-state index in [-0.39, 0.29) is 0 Å². The minimum Gasteiger partial charge on any atom is -0.399 e. The molecule has 0 fully saturated rings. The normalized spacial score (nSPS) is 12.7. The topological polar surface area (TPSA) is 97.8 Å². The Hall–Kier alpha value is -2.18. The first-order chi connectivity index (χ1) is 9.15. The third kappa shape index (κ3) is 2.11. The van der Waals surface area contributed by atoms with Crippen LogP contribution in [0.15, 0.2) is 47.4 Å². The first kappa shape index (κ1) is 11.9. The Bertz CT molecular complexity index is 781. The van der Waals surface area contributed by atoms with E-state index < -0.39 is 11.0 Å². The summed E-state index contributed by atoms with van der Waals surface area (Å²) in [6.07, 6.45) is 0. The highest BCUT2D eigenvalue weighted by Crippen LogP contribution is 2.28. The molecule has 1 aromatic heterocycles. The summed E-state index contributed by atoms with van der Waals surface area (Å²) in [4.78, 5) is 0.567. The average Bonchev–Trinajstić information content (AvgIpc) is 2.81. The van der Waals surface area contributed by atoms with Crippen LogP contribution in [0, 0.1) is 0 Å². The lowest BCUT2D eigenvalue weighted by Gasteiger charge is -2.01. The minimum absolute atomic E-state index is 0.567. The Balaban J connectivity index is 2.21. The molecule has 6 heteroatoms. The number of nitrogens with two attached hydrogens (primary N) is 2. The maximum absolute atomic E-state index is 11.3.